The first-order valence-corrected chi connectivity index (χ1v) is 4.23. The molecule has 1 aromatic heterocycles. The van der Waals surface area contributed by atoms with Gasteiger partial charge in [-0.3, -0.25) is 4.98 Å². The molecular formula is C10H10N2O3. The van der Waals surface area contributed by atoms with Gasteiger partial charge in [0.1, 0.15) is 6.61 Å². The van der Waals surface area contributed by atoms with Crippen LogP contribution in [-0.2, 0) is 0 Å². The number of rotatable bonds is 3. The zero-order valence-corrected chi connectivity index (χ0v) is 7.90. The molecule has 0 bridgehead atoms. The van der Waals surface area contributed by atoms with E-state index in [-0.39, 0.29) is 18.7 Å². The van der Waals surface area contributed by atoms with Crippen molar-refractivity contribution in [2.45, 2.75) is 0 Å². The van der Waals surface area contributed by atoms with Crippen molar-refractivity contribution in [3.63, 3.8) is 0 Å². The number of aliphatic hydroxyl groups excluding tert-OH is 1. The van der Waals surface area contributed by atoms with Crippen molar-refractivity contribution < 1.29 is 15.0 Å². The molecule has 0 amide bonds. The van der Waals surface area contributed by atoms with Crippen LogP contribution in [0.25, 0.3) is 0 Å². The fraction of sp³-hybridized carbons (Fsp3) is 0.200. The van der Waals surface area contributed by atoms with Crippen LogP contribution >= 0.6 is 0 Å². The SMILES string of the molecule is O=C(O)c1ccncc1NCC#CCO. The Hall–Kier alpha value is -2.06. The number of hydrogen-bond acceptors (Lipinski definition) is 4. The maximum absolute atomic E-state index is 10.8. The number of aromatic carboxylic acids is 1. The summed E-state index contributed by atoms with van der Waals surface area (Å²) in [5, 5.41) is 20.0. The van der Waals surface area contributed by atoms with Crippen molar-refractivity contribution in [2.75, 3.05) is 18.5 Å². The lowest BCUT2D eigenvalue weighted by Crippen LogP contribution is -2.06. The van der Waals surface area contributed by atoms with Crippen LogP contribution in [0.5, 0.6) is 0 Å². The average Bonchev–Trinajstić information content (AvgIpc) is 2.25. The molecule has 0 saturated heterocycles. The van der Waals surface area contributed by atoms with Crippen molar-refractivity contribution in [3.8, 4) is 11.8 Å². The zero-order valence-electron chi connectivity index (χ0n) is 7.90. The number of nitrogens with one attached hydrogen (secondary N) is 1. The maximum atomic E-state index is 10.8. The lowest BCUT2D eigenvalue weighted by atomic mass is 10.2. The van der Waals surface area contributed by atoms with Crippen LogP contribution in [0.1, 0.15) is 10.4 Å². The zero-order chi connectivity index (χ0) is 11.1. The summed E-state index contributed by atoms with van der Waals surface area (Å²) in [5.74, 6) is 4.04. The second-order valence-electron chi connectivity index (χ2n) is 2.59. The maximum Gasteiger partial charge on any atom is 0.337 e. The Balaban J connectivity index is 2.72. The average molecular weight is 206 g/mol. The Kier molecular flexibility index (Phi) is 4.13. The van der Waals surface area contributed by atoms with E-state index in [1.54, 1.807) is 0 Å². The number of carbonyl (C=O) groups is 1. The van der Waals surface area contributed by atoms with Crippen LogP contribution in [0.4, 0.5) is 5.69 Å². The van der Waals surface area contributed by atoms with Crippen LogP contribution in [0, 0.1) is 11.8 Å². The molecule has 0 aliphatic carbocycles. The van der Waals surface area contributed by atoms with Gasteiger partial charge in [-0.25, -0.2) is 4.79 Å². The van der Waals surface area contributed by atoms with Gasteiger partial charge in [-0.2, -0.15) is 0 Å². The molecule has 0 aromatic carbocycles. The Labute approximate surface area is 86.8 Å². The highest BCUT2D eigenvalue weighted by Gasteiger charge is 2.07. The first-order valence-electron chi connectivity index (χ1n) is 4.23. The summed E-state index contributed by atoms with van der Waals surface area (Å²) in [4.78, 5) is 14.6. The standard InChI is InChI=1S/C10H10N2O3/c13-6-2-1-4-12-9-7-11-5-3-8(9)10(14)15/h3,5,7,12-13H,4,6H2,(H,14,15). The molecule has 78 valence electrons. The molecule has 3 N–H and O–H groups in total. The smallest absolute Gasteiger partial charge is 0.337 e. The van der Waals surface area contributed by atoms with Crippen LogP contribution in [-0.4, -0.2) is 34.3 Å². The molecule has 1 rings (SSSR count). The lowest BCUT2D eigenvalue weighted by molar-refractivity contribution is 0.0698. The van der Waals surface area contributed by atoms with E-state index in [4.69, 9.17) is 10.2 Å². The minimum Gasteiger partial charge on any atom is -0.478 e. The van der Waals surface area contributed by atoms with Crippen LogP contribution in [0.15, 0.2) is 18.5 Å². The first kappa shape index (κ1) is 11.0. The molecule has 5 heteroatoms. The number of aromatic nitrogens is 1. The Bertz CT molecular complexity index is 407. The van der Waals surface area contributed by atoms with Gasteiger partial charge < -0.3 is 15.5 Å². The highest BCUT2D eigenvalue weighted by Crippen LogP contribution is 2.12. The molecular weight excluding hydrogens is 196 g/mol. The van der Waals surface area contributed by atoms with E-state index in [0.29, 0.717) is 5.69 Å². The minimum atomic E-state index is -1.02. The fourth-order valence-electron chi connectivity index (χ4n) is 0.980. The Morgan fingerprint density at radius 3 is 3.00 bits per heavy atom. The predicted molar refractivity (Wildman–Crippen MR) is 54.5 cm³/mol. The summed E-state index contributed by atoms with van der Waals surface area (Å²) in [6.07, 6.45) is 2.83. The van der Waals surface area contributed by atoms with Gasteiger partial charge in [0.15, 0.2) is 0 Å². The van der Waals surface area contributed by atoms with Gasteiger partial charge in [0.2, 0.25) is 0 Å². The van der Waals surface area contributed by atoms with Gasteiger partial charge in [-0.05, 0) is 6.07 Å². The third-order valence-corrected chi connectivity index (χ3v) is 1.62. The van der Waals surface area contributed by atoms with Crippen LogP contribution in [0.3, 0.4) is 0 Å². The summed E-state index contributed by atoms with van der Waals surface area (Å²) >= 11 is 0. The predicted octanol–water partition coefficient (Wildman–Crippen LogP) is 0.187. The Morgan fingerprint density at radius 1 is 1.53 bits per heavy atom. The Morgan fingerprint density at radius 2 is 2.33 bits per heavy atom. The summed E-state index contributed by atoms with van der Waals surface area (Å²) < 4.78 is 0. The van der Waals surface area contributed by atoms with E-state index in [2.05, 4.69) is 22.1 Å². The van der Waals surface area contributed by atoms with E-state index in [9.17, 15) is 4.79 Å². The van der Waals surface area contributed by atoms with Crippen LogP contribution < -0.4 is 5.32 Å². The number of nitrogens with zero attached hydrogens (tertiary/aromatic N) is 1. The highest BCUT2D eigenvalue weighted by molar-refractivity contribution is 5.93. The number of anilines is 1. The summed E-state index contributed by atoms with van der Waals surface area (Å²) in [7, 11) is 0. The second kappa shape index (κ2) is 5.62. The molecule has 0 spiro atoms. The fourth-order valence-corrected chi connectivity index (χ4v) is 0.980. The summed E-state index contributed by atoms with van der Waals surface area (Å²) in [6.45, 7) is 0.0625. The molecule has 1 aromatic rings. The van der Waals surface area contributed by atoms with Gasteiger partial charge in [0, 0.05) is 6.20 Å². The summed E-state index contributed by atoms with van der Waals surface area (Å²) in [6, 6.07) is 1.41. The van der Waals surface area contributed by atoms with Gasteiger partial charge in [0.05, 0.1) is 24.0 Å². The van der Waals surface area contributed by atoms with Crippen molar-refractivity contribution >= 4 is 11.7 Å². The van der Waals surface area contributed by atoms with E-state index in [0.717, 1.165) is 0 Å². The number of hydrogen-bond donors (Lipinski definition) is 3. The molecule has 15 heavy (non-hydrogen) atoms. The van der Waals surface area contributed by atoms with E-state index in [1.807, 2.05) is 0 Å². The largest absolute Gasteiger partial charge is 0.478 e. The van der Waals surface area contributed by atoms with Gasteiger partial charge in [0.25, 0.3) is 0 Å². The molecule has 0 aliphatic rings. The molecule has 0 fully saturated rings. The topological polar surface area (TPSA) is 82.5 Å². The molecule has 0 aliphatic heterocycles. The molecule has 0 atom stereocenters. The third-order valence-electron chi connectivity index (χ3n) is 1.62. The van der Waals surface area contributed by atoms with Crippen molar-refractivity contribution in [2.24, 2.45) is 0 Å². The first-order chi connectivity index (χ1) is 7.25. The van der Waals surface area contributed by atoms with E-state index >= 15 is 0 Å². The van der Waals surface area contributed by atoms with Crippen molar-refractivity contribution in [3.05, 3.63) is 24.0 Å². The molecule has 0 saturated carbocycles. The second-order valence-corrected chi connectivity index (χ2v) is 2.59. The molecule has 0 unspecified atom stereocenters. The van der Waals surface area contributed by atoms with Gasteiger partial charge in [-0.1, -0.05) is 11.8 Å². The minimum absolute atomic E-state index is 0.149. The van der Waals surface area contributed by atoms with Crippen LogP contribution in [0.2, 0.25) is 0 Å². The van der Waals surface area contributed by atoms with E-state index < -0.39 is 5.97 Å². The third kappa shape index (κ3) is 3.29. The number of carboxylic acid groups (broad SMARTS) is 1. The number of pyridine rings is 1. The number of aliphatic hydroxyl groups is 1. The molecule has 1 heterocycles. The van der Waals surface area contributed by atoms with Crippen molar-refractivity contribution in [1.29, 1.82) is 0 Å². The number of carboxylic acids is 1. The van der Waals surface area contributed by atoms with Gasteiger partial charge >= 0.3 is 5.97 Å². The monoisotopic (exact) mass is 206 g/mol. The van der Waals surface area contributed by atoms with Gasteiger partial charge in [-0.15, -0.1) is 0 Å². The normalized spacial score (nSPS) is 8.87. The van der Waals surface area contributed by atoms with Crippen molar-refractivity contribution in [1.82, 2.24) is 4.98 Å². The lowest BCUT2D eigenvalue weighted by Gasteiger charge is -2.04. The molecule has 5 nitrogen and oxygen atoms in total. The quantitative estimate of drug-likeness (QED) is 0.615. The molecule has 0 radical (unpaired) electrons. The summed E-state index contributed by atoms with van der Waals surface area (Å²) in [5.41, 5.74) is 0.563. The van der Waals surface area contributed by atoms with E-state index in [1.165, 1.54) is 18.5 Å². The highest BCUT2D eigenvalue weighted by atomic mass is 16.4.